The molecule has 88 valence electrons. The van der Waals surface area contributed by atoms with Crippen molar-refractivity contribution in [2.45, 2.75) is 44.8 Å². The molecule has 0 aromatic carbocycles. The normalized spacial score (nSPS) is 26.1. The number of carbonyl (C=O) groups is 1. The summed E-state index contributed by atoms with van der Waals surface area (Å²) in [6, 6.07) is 0.260. The largest absolute Gasteiger partial charge is 0.450 e. The summed E-state index contributed by atoms with van der Waals surface area (Å²) in [7, 11) is 1.78. The molecule has 0 aromatic heterocycles. The minimum absolute atomic E-state index is 0.150. The van der Waals surface area contributed by atoms with E-state index in [1.807, 2.05) is 6.92 Å². The summed E-state index contributed by atoms with van der Waals surface area (Å²) < 4.78 is 4.94. The molecule has 0 radical (unpaired) electrons. The quantitative estimate of drug-likeness (QED) is 0.722. The lowest BCUT2D eigenvalue weighted by Gasteiger charge is -2.33. The van der Waals surface area contributed by atoms with Crippen LogP contribution in [-0.2, 0) is 9.57 Å². The number of hydrogen-bond acceptors (Lipinski definition) is 4. The fourth-order valence-electron chi connectivity index (χ4n) is 1.94. The molecule has 0 heterocycles. The van der Waals surface area contributed by atoms with Crippen molar-refractivity contribution in [3.05, 3.63) is 0 Å². The Balaban J connectivity index is 2.35. The molecule has 5 nitrogen and oxygen atoms in total. The van der Waals surface area contributed by atoms with Gasteiger partial charge >= 0.3 is 6.09 Å². The first-order chi connectivity index (χ1) is 7.19. The van der Waals surface area contributed by atoms with E-state index in [0.29, 0.717) is 6.61 Å². The van der Waals surface area contributed by atoms with Crippen LogP contribution >= 0.6 is 0 Å². The van der Waals surface area contributed by atoms with Gasteiger partial charge in [-0.25, -0.2) is 10.7 Å². The number of carbonyl (C=O) groups excluding carboxylic acids is 1. The first kappa shape index (κ1) is 12.3. The summed E-state index contributed by atoms with van der Waals surface area (Å²) in [5.74, 6) is 5.13. The smallest absolute Gasteiger partial charge is 0.409 e. The molecule has 0 spiro atoms. The van der Waals surface area contributed by atoms with E-state index in [-0.39, 0.29) is 18.2 Å². The fourth-order valence-corrected chi connectivity index (χ4v) is 1.94. The summed E-state index contributed by atoms with van der Waals surface area (Å²) in [5.41, 5.74) is 0. The Labute approximate surface area is 90.5 Å². The van der Waals surface area contributed by atoms with Gasteiger partial charge in [-0.3, -0.25) is 0 Å². The molecular weight excluding hydrogens is 196 g/mol. The molecule has 1 aliphatic rings. The highest BCUT2D eigenvalue weighted by atomic mass is 16.6. The zero-order valence-corrected chi connectivity index (χ0v) is 9.44. The molecule has 1 saturated carbocycles. The van der Waals surface area contributed by atoms with Crippen LogP contribution in [0.15, 0.2) is 0 Å². The van der Waals surface area contributed by atoms with Crippen LogP contribution in [0, 0.1) is 0 Å². The van der Waals surface area contributed by atoms with Crippen LogP contribution in [0.4, 0.5) is 4.79 Å². The maximum absolute atomic E-state index is 11.4. The van der Waals surface area contributed by atoms with E-state index in [2.05, 4.69) is 0 Å². The van der Waals surface area contributed by atoms with Gasteiger partial charge in [0.05, 0.1) is 12.7 Å². The zero-order chi connectivity index (χ0) is 11.3. The van der Waals surface area contributed by atoms with Gasteiger partial charge in [0.2, 0.25) is 0 Å². The fraction of sp³-hybridized carbons (Fsp3) is 0.900. The maximum atomic E-state index is 11.4. The average Bonchev–Trinajstić information content (AvgIpc) is 2.28. The second-order valence-electron chi connectivity index (χ2n) is 3.88. The van der Waals surface area contributed by atoms with Crippen LogP contribution in [-0.4, -0.2) is 36.8 Å². The SMILES string of the molecule is CCOC(=O)N(C)C1CCC(ON)CC1. The molecule has 0 unspecified atom stereocenters. The van der Waals surface area contributed by atoms with E-state index >= 15 is 0 Å². The van der Waals surface area contributed by atoms with E-state index in [0.717, 1.165) is 25.7 Å². The highest BCUT2D eigenvalue weighted by molar-refractivity contribution is 5.67. The number of nitrogens with zero attached hydrogens (tertiary/aromatic N) is 1. The van der Waals surface area contributed by atoms with Crippen LogP contribution < -0.4 is 5.90 Å². The van der Waals surface area contributed by atoms with Crippen molar-refractivity contribution in [1.29, 1.82) is 0 Å². The third kappa shape index (κ3) is 3.35. The molecule has 0 atom stereocenters. The molecule has 0 bridgehead atoms. The summed E-state index contributed by atoms with van der Waals surface area (Å²) in [6.07, 6.45) is 3.58. The lowest BCUT2D eigenvalue weighted by atomic mass is 9.92. The third-order valence-electron chi connectivity index (χ3n) is 2.94. The predicted molar refractivity (Wildman–Crippen MR) is 56.1 cm³/mol. The Morgan fingerprint density at radius 2 is 2.00 bits per heavy atom. The topological polar surface area (TPSA) is 64.8 Å². The van der Waals surface area contributed by atoms with Crippen LogP contribution in [0.1, 0.15) is 32.6 Å². The Kier molecular flexibility index (Phi) is 4.84. The van der Waals surface area contributed by atoms with Gasteiger partial charge in [0.25, 0.3) is 0 Å². The highest BCUT2D eigenvalue weighted by Crippen LogP contribution is 2.23. The van der Waals surface area contributed by atoms with E-state index in [1.54, 1.807) is 11.9 Å². The lowest BCUT2D eigenvalue weighted by molar-refractivity contribution is 0.00861. The third-order valence-corrected chi connectivity index (χ3v) is 2.94. The summed E-state index contributed by atoms with van der Waals surface area (Å²) in [4.78, 5) is 17.9. The monoisotopic (exact) mass is 216 g/mol. The summed E-state index contributed by atoms with van der Waals surface area (Å²) in [6.45, 7) is 2.23. The minimum Gasteiger partial charge on any atom is -0.450 e. The van der Waals surface area contributed by atoms with Crippen molar-refractivity contribution < 1.29 is 14.4 Å². The van der Waals surface area contributed by atoms with Gasteiger partial charge in [-0.15, -0.1) is 0 Å². The van der Waals surface area contributed by atoms with Crippen molar-refractivity contribution in [2.24, 2.45) is 5.90 Å². The predicted octanol–water partition coefficient (Wildman–Crippen LogP) is 1.28. The van der Waals surface area contributed by atoms with E-state index in [4.69, 9.17) is 15.5 Å². The second kappa shape index (κ2) is 5.92. The van der Waals surface area contributed by atoms with Gasteiger partial charge < -0.3 is 14.5 Å². The molecule has 1 amide bonds. The maximum Gasteiger partial charge on any atom is 0.409 e. The van der Waals surface area contributed by atoms with Crippen LogP contribution in [0.25, 0.3) is 0 Å². The van der Waals surface area contributed by atoms with Gasteiger partial charge in [-0.1, -0.05) is 0 Å². The van der Waals surface area contributed by atoms with E-state index in [1.165, 1.54) is 0 Å². The molecule has 1 aliphatic carbocycles. The molecule has 15 heavy (non-hydrogen) atoms. The van der Waals surface area contributed by atoms with Gasteiger partial charge in [0, 0.05) is 13.1 Å². The molecule has 5 heteroatoms. The van der Waals surface area contributed by atoms with E-state index < -0.39 is 0 Å². The molecule has 0 saturated heterocycles. The van der Waals surface area contributed by atoms with Gasteiger partial charge in [0.15, 0.2) is 0 Å². The Morgan fingerprint density at radius 1 is 1.40 bits per heavy atom. The highest BCUT2D eigenvalue weighted by Gasteiger charge is 2.27. The standard InChI is InChI=1S/C10H20N2O3/c1-3-14-10(13)12(2)8-4-6-9(15-11)7-5-8/h8-9H,3-7,11H2,1-2H3. The molecule has 1 fully saturated rings. The number of amides is 1. The minimum atomic E-state index is -0.241. The zero-order valence-electron chi connectivity index (χ0n) is 9.44. The number of rotatable bonds is 3. The van der Waals surface area contributed by atoms with Gasteiger partial charge in [-0.2, -0.15) is 0 Å². The van der Waals surface area contributed by atoms with Crippen LogP contribution in [0.3, 0.4) is 0 Å². The van der Waals surface area contributed by atoms with Gasteiger partial charge in [-0.05, 0) is 32.6 Å². The van der Waals surface area contributed by atoms with Gasteiger partial charge in [0.1, 0.15) is 0 Å². The Bertz CT molecular complexity index is 203. The average molecular weight is 216 g/mol. The van der Waals surface area contributed by atoms with Crippen molar-refractivity contribution in [3.63, 3.8) is 0 Å². The summed E-state index contributed by atoms with van der Waals surface area (Å²) >= 11 is 0. The Morgan fingerprint density at radius 3 is 2.47 bits per heavy atom. The number of ether oxygens (including phenoxy) is 1. The number of hydrogen-bond donors (Lipinski definition) is 1. The van der Waals surface area contributed by atoms with Crippen LogP contribution in [0.2, 0.25) is 0 Å². The number of nitrogens with two attached hydrogens (primary N) is 1. The second-order valence-corrected chi connectivity index (χ2v) is 3.88. The van der Waals surface area contributed by atoms with Crippen molar-refractivity contribution in [2.75, 3.05) is 13.7 Å². The van der Waals surface area contributed by atoms with Crippen LogP contribution in [0.5, 0.6) is 0 Å². The Hall–Kier alpha value is -0.810. The molecule has 0 aliphatic heterocycles. The van der Waals surface area contributed by atoms with Crippen molar-refractivity contribution in [3.8, 4) is 0 Å². The molecule has 0 aromatic rings. The molecule has 2 N–H and O–H groups in total. The first-order valence-electron chi connectivity index (χ1n) is 5.44. The van der Waals surface area contributed by atoms with Crippen molar-refractivity contribution in [1.82, 2.24) is 4.90 Å². The summed E-state index contributed by atoms with van der Waals surface area (Å²) in [5, 5.41) is 0. The van der Waals surface area contributed by atoms with E-state index in [9.17, 15) is 4.79 Å². The lowest BCUT2D eigenvalue weighted by Crippen LogP contribution is -2.41. The first-order valence-corrected chi connectivity index (χ1v) is 5.44. The molecular formula is C10H20N2O3. The van der Waals surface area contributed by atoms with Crippen molar-refractivity contribution >= 4 is 6.09 Å². The molecule has 1 rings (SSSR count).